The molecule has 0 aliphatic rings. The molecule has 0 fully saturated rings. The Hall–Kier alpha value is -3.66. The summed E-state index contributed by atoms with van der Waals surface area (Å²) in [5, 5.41) is 32.1. The van der Waals surface area contributed by atoms with Crippen LogP contribution in [0.4, 0.5) is 0 Å². The van der Waals surface area contributed by atoms with E-state index in [1.165, 1.54) is 0 Å². The van der Waals surface area contributed by atoms with Gasteiger partial charge in [-0.3, -0.25) is 4.68 Å². The molecule has 25 heavy (non-hydrogen) atoms. The van der Waals surface area contributed by atoms with Crippen molar-refractivity contribution in [3.63, 3.8) is 0 Å². The highest BCUT2D eigenvalue weighted by Gasteiger charge is 2.16. The minimum absolute atomic E-state index is 0.193. The van der Waals surface area contributed by atoms with Gasteiger partial charge < -0.3 is 10.1 Å². The average Bonchev–Trinajstić information content (AvgIpc) is 3.29. The molecule has 1 atom stereocenters. The zero-order valence-electron chi connectivity index (χ0n) is 13.2. The number of benzene rings is 1. The summed E-state index contributed by atoms with van der Waals surface area (Å²) in [6.07, 6.45) is 7.46. The number of phenolic OH excluding ortho intramolecular Hbond substituents is 1. The van der Waals surface area contributed by atoms with Gasteiger partial charge in [0.25, 0.3) is 0 Å². The van der Waals surface area contributed by atoms with Crippen molar-refractivity contribution in [3.8, 4) is 22.9 Å². The lowest BCUT2D eigenvalue weighted by atomic mass is 10.0. The molecule has 0 aliphatic heterocycles. The standard InChI is InChI=1S/C18H14N6O/c19-7-5-17(12-1-3-14(25)4-2-12)24-11-13(9-22-24)16-10-21-23-18-15(16)6-8-20-18/h1-4,6,8-11,17,25H,5H2,(H,20,23)/t17-/m0/s1. The van der Waals surface area contributed by atoms with Gasteiger partial charge in [-0.2, -0.15) is 15.5 Å². The first-order valence-electron chi connectivity index (χ1n) is 7.75. The molecular formula is C18H14N6O. The molecular weight excluding hydrogens is 316 g/mol. The molecule has 0 saturated carbocycles. The van der Waals surface area contributed by atoms with Crippen molar-refractivity contribution in [1.29, 1.82) is 5.26 Å². The topological polar surface area (TPSA) is 103 Å². The van der Waals surface area contributed by atoms with Crippen LogP contribution in [0.5, 0.6) is 5.75 Å². The first-order chi connectivity index (χ1) is 12.3. The van der Waals surface area contributed by atoms with E-state index in [0.717, 1.165) is 27.7 Å². The van der Waals surface area contributed by atoms with E-state index in [-0.39, 0.29) is 18.2 Å². The number of H-pyrrole nitrogens is 1. The zero-order chi connectivity index (χ0) is 17.2. The molecule has 7 heteroatoms. The van der Waals surface area contributed by atoms with Crippen molar-refractivity contribution in [1.82, 2.24) is 25.0 Å². The van der Waals surface area contributed by atoms with Gasteiger partial charge in [0.15, 0.2) is 5.65 Å². The molecule has 4 aromatic rings. The maximum Gasteiger partial charge on any atom is 0.160 e. The number of rotatable bonds is 4. The molecule has 7 nitrogen and oxygen atoms in total. The number of nitriles is 1. The van der Waals surface area contributed by atoms with E-state index in [2.05, 4.69) is 26.3 Å². The van der Waals surface area contributed by atoms with Gasteiger partial charge in [0, 0.05) is 28.9 Å². The summed E-state index contributed by atoms with van der Waals surface area (Å²) in [5.74, 6) is 0.193. The quantitative estimate of drug-likeness (QED) is 0.598. The molecule has 0 radical (unpaired) electrons. The second-order valence-electron chi connectivity index (χ2n) is 5.68. The highest BCUT2D eigenvalue weighted by atomic mass is 16.3. The molecule has 0 bridgehead atoms. The minimum Gasteiger partial charge on any atom is -0.508 e. The summed E-state index contributed by atoms with van der Waals surface area (Å²) in [6, 6.07) is 10.8. The number of aromatic nitrogens is 5. The third-order valence-electron chi connectivity index (χ3n) is 4.15. The molecule has 122 valence electrons. The van der Waals surface area contributed by atoms with E-state index in [9.17, 15) is 10.4 Å². The summed E-state index contributed by atoms with van der Waals surface area (Å²) < 4.78 is 1.77. The predicted molar refractivity (Wildman–Crippen MR) is 91.6 cm³/mol. The Morgan fingerprint density at radius 1 is 1.20 bits per heavy atom. The average molecular weight is 330 g/mol. The molecule has 0 spiro atoms. The van der Waals surface area contributed by atoms with Crippen molar-refractivity contribution in [2.45, 2.75) is 12.5 Å². The molecule has 1 aromatic carbocycles. The van der Waals surface area contributed by atoms with Crippen molar-refractivity contribution in [2.75, 3.05) is 0 Å². The molecule has 4 rings (SSSR count). The number of aromatic amines is 1. The third-order valence-corrected chi connectivity index (χ3v) is 4.15. The van der Waals surface area contributed by atoms with Gasteiger partial charge in [-0.05, 0) is 23.8 Å². The normalized spacial score (nSPS) is 12.1. The Kier molecular flexibility index (Phi) is 3.63. The number of fused-ring (bicyclic) bond motifs is 1. The maximum atomic E-state index is 9.47. The SMILES string of the molecule is N#CC[C@@H](c1ccc(O)cc1)n1cc(-c2cnnc3[nH]ccc23)cn1. The lowest BCUT2D eigenvalue weighted by Crippen LogP contribution is -2.10. The largest absolute Gasteiger partial charge is 0.508 e. The maximum absolute atomic E-state index is 9.47. The molecule has 0 amide bonds. The number of hydrogen-bond donors (Lipinski definition) is 2. The van der Waals surface area contributed by atoms with E-state index >= 15 is 0 Å². The summed E-state index contributed by atoms with van der Waals surface area (Å²) in [6.45, 7) is 0. The smallest absolute Gasteiger partial charge is 0.160 e. The van der Waals surface area contributed by atoms with Crippen molar-refractivity contribution < 1.29 is 5.11 Å². The van der Waals surface area contributed by atoms with Gasteiger partial charge in [-0.1, -0.05) is 12.1 Å². The highest BCUT2D eigenvalue weighted by Crippen LogP contribution is 2.29. The lowest BCUT2D eigenvalue weighted by Gasteiger charge is -2.15. The number of aromatic hydroxyl groups is 1. The number of hydrogen-bond acceptors (Lipinski definition) is 5. The van der Waals surface area contributed by atoms with Crippen molar-refractivity contribution >= 4 is 11.0 Å². The van der Waals surface area contributed by atoms with Crippen LogP contribution in [0.15, 0.2) is 55.1 Å². The molecule has 2 N–H and O–H groups in total. The van der Waals surface area contributed by atoms with Gasteiger partial charge >= 0.3 is 0 Å². The Morgan fingerprint density at radius 2 is 2.04 bits per heavy atom. The Labute approximate surface area is 143 Å². The molecule has 0 unspecified atom stereocenters. The van der Waals surface area contributed by atoms with E-state index in [1.807, 2.05) is 18.5 Å². The van der Waals surface area contributed by atoms with Gasteiger partial charge in [0.2, 0.25) is 0 Å². The monoisotopic (exact) mass is 330 g/mol. The van der Waals surface area contributed by atoms with Gasteiger partial charge in [-0.25, -0.2) is 0 Å². The fourth-order valence-corrected chi connectivity index (χ4v) is 2.90. The fraction of sp³-hybridized carbons (Fsp3) is 0.111. The zero-order valence-corrected chi connectivity index (χ0v) is 13.2. The van der Waals surface area contributed by atoms with Gasteiger partial charge in [0.1, 0.15) is 5.75 Å². The second kappa shape index (κ2) is 6.09. The Bertz CT molecular complexity index is 1060. The van der Waals surface area contributed by atoms with E-state index < -0.39 is 0 Å². The summed E-state index contributed by atoms with van der Waals surface area (Å²) in [7, 11) is 0. The summed E-state index contributed by atoms with van der Waals surface area (Å²) >= 11 is 0. The van der Waals surface area contributed by atoms with Crippen LogP contribution in [0.3, 0.4) is 0 Å². The summed E-state index contributed by atoms with van der Waals surface area (Å²) in [5.41, 5.74) is 3.46. The van der Waals surface area contributed by atoms with Crippen LogP contribution in [0, 0.1) is 11.3 Å². The first kappa shape index (κ1) is 14.9. The summed E-state index contributed by atoms with van der Waals surface area (Å²) in [4.78, 5) is 3.04. The number of nitrogens with one attached hydrogen (secondary N) is 1. The van der Waals surface area contributed by atoms with Crippen molar-refractivity contribution in [3.05, 3.63) is 60.7 Å². The molecule has 0 saturated heterocycles. The molecule has 3 heterocycles. The van der Waals surface area contributed by atoms with Crippen molar-refractivity contribution in [2.24, 2.45) is 0 Å². The van der Waals surface area contributed by atoms with Gasteiger partial charge in [0.05, 0.1) is 30.9 Å². The molecule has 0 aliphatic carbocycles. The minimum atomic E-state index is -0.226. The number of nitrogens with zero attached hydrogens (tertiary/aromatic N) is 5. The van der Waals surface area contributed by atoms with E-state index in [4.69, 9.17) is 0 Å². The highest BCUT2D eigenvalue weighted by molar-refractivity contribution is 5.91. The Balaban J connectivity index is 1.75. The van der Waals surface area contributed by atoms with Crippen LogP contribution >= 0.6 is 0 Å². The van der Waals surface area contributed by atoms with Crippen LogP contribution < -0.4 is 0 Å². The van der Waals surface area contributed by atoms with E-state index in [1.54, 1.807) is 41.3 Å². The number of phenols is 1. The van der Waals surface area contributed by atoms with Crippen LogP contribution in [0.1, 0.15) is 18.0 Å². The van der Waals surface area contributed by atoms with Crippen LogP contribution in [-0.4, -0.2) is 30.1 Å². The third kappa shape index (κ3) is 2.70. The lowest BCUT2D eigenvalue weighted by molar-refractivity contribution is 0.473. The van der Waals surface area contributed by atoms with E-state index in [0.29, 0.717) is 0 Å². The molecule has 3 aromatic heterocycles. The Morgan fingerprint density at radius 3 is 2.84 bits per heavy atom. The van der Waals surface area contributed by atoms with Crippen LogP contribution in [0.2, 0.25) is 0 Å². The van der Waals surface area contributed by atoms with Crippen LogP contribution in [-0.2, 0) is 0 Å². The predicted octanol–water partition coefficient (Wildman–Crippen LogP) is 3.03. The second-order valence-corrected chi connectivity index (χ2v) is 5.68. The van der Waals surface area contributed by atoms with Gasteiger partial charge in [-0.15, -0.1) is 5.10 Å². The van der Waals surface area contributed by atoms with Crippen LogP contribution in [0.25, 0.3) is 22.2 Å². The fourth-order valence-electron chi connectivity index (χ4n) is 2.90. The first-order valence-corrected chi connectivity index (χ1v) is 7.75.